The van der Waals surface area contributed by atoms with Gasteiger partial charge >= 0.3 is 0 Å². The Hall–Kier alpha value is -0.830. The minimum atomic E-state index is 0.502. The number of anilines is 1. The normalized spacial score (nSPS) is 10.9. The largest absolute Gasteiger partial charge is 0.370 e. The number of rotatable bonds is 8. The second kappa shape index (κ2) is 8.30. The van der Waals surface area contributed by atoms with Gasteiger partial charge in [0.15, 0.2) is 0 Å². The molecule has 0 fully saturated rings. The molecule has 1 heterocycles. The molecule has 1 aromatic heterocycles. The summed E-state index contributed by atoms with van der Waals surface area (Å²) in [6.45, 7) is 7.36. The summed E-state index contributed by atoms with van der Waals surface area (Å²) in [5, 5.41) is 3.79. The standard InChI is InChI=1S/C14H24ClN3/c1-11(2)8-6-4-5-7-9-16-14-10-13(15)17-12(3)18-14/h10-11H,4-9H2,1-3H3,(H,16,17,18). The lowest BCUT2D eigenvalue weighted by Gasteiger charge is -2.07. The summed E-state index contributed by atoms with van der Waals surface area (Å²) in [5.41, 5.74) is 0. The maximum absolute atomic E-state index is 5.87. The molecule has 4 heteroatoms. The highest BCUT2D eigenvalue weighted by molar-refractivity contribution is 6.29. The Morgan fingerprint density at radius 3 is 2.56 bits per heavy atom. The number of nitrogens with one attached hydrogen (secondary N) is 1. The van der Waals surface area contributed by atoms with Crippen LogP contribution < -0.4 is 5.32 Å². The number of aryl methyl sites for hydroxylation is 1. The quantitative estimate of drug-likeness (QED) is 0.559. The fraction of sp³-hybridized carbons (Fsp3) is 0.714. The maximum atomic E-state index is 5.87. The zero-order valence-corrected chi connectivity index (χ0v) is 12.4. The van der Waals surface area contributed by atoms with Crippen molar-refractivity contribution in [2.24, 2.45) is 5.92 Å². The van der Waals surface area contributed by atoms with Crippen molar-refractivity contribution >= 4 is 17.4 Å². The summed E-state index contributed by atoms with van der Waals surface area (Å²) in [7, 11) is 0. The maximum Gasteiger partial charge on any atom is 0.134 e. The lowest BCUT2D eigenvalue weighted by Crippen LogP contribution is -2.04. The number of hydrogen-bond donors (Lipinski definition) is 1. The molecule has 1 aromatic rings. The smallest absolute Gasteiger partial charge is 0.134 e. The van der Waals surface area contributed by atoms with E-state index in [-0.39, 0.29) is 0 Å². The van der Waals surface area contributed by atoms with Crippen molar-refractivity contribution in [3.63, 3.8) is 0 Å². The van der Waals surface area contributed by atoms with E-state index >= 15 is 0 Å². The highest BCUT2D eigenvalue weighted by Crippen LogP contribution is 2.12. The van der Waals surface area contributed by atoms with Gasteiger partial charge in [-0.25, -0.2) is 9.97 Å². The summed E-state index contributed by atoms with van der Waals surface area (Å²) in [6, 6.07) is 1.77. The first kappa shape index (κ1) is 15.2. The van der Waals surface area contributed by atoms with Gasteiger partial charge in [0.1, 0.15) is 16.8 Å². The molecule has 0 saturated heterocycles. The van der Waals surface area contributed by atoms with Gasteiger partial charge in [0.2, 0.25) is 0 Å². The van der Waals surface area contributed by atoms with Gasteiger partial charge in [-0.3, -0.25) is 0 Å². The fourth-order valence-electron chi connectivity index (χ4n) is 1.87. The van der Waals surface area contributed by atoms with Crippen molar-refractivity contribution in [2.45, 2.75) is 52.9 Å². The molecule has 0 saturated carbocycles. The van der Waals surface area contributed by atoms with Gasteiger partial charge in [0.25, 0.3) is 0 Å². The van der Waals surface area contributed by atoms with Crippen molar-refractivity contribution < 1.29 is 0 Å². The molecule has 0 aliphatic rings. The van der Waals surface area contributed by atoms with E-state index in [1.807, 2.05) is 6.92 Å². The van der Waals surface area contributed by atoms with Crippen molar-refractivity contribution in [2.75, 3.05) is 11.9 Å². The van der Waals surface area contributed by atoms with Gasteiger partial charge in [0, 0.05) is 12.6 Å². The molecule has 18 heavy (non-hydrogen) atoms. The third-order valence-electron chi connectivity index (χ3n) is 2.82. The second-order valence-corrected chi connectivity index (χ2v) is 5.53. The van der Waals surface area contributed by atoms with E-state index in [1.54, 1.807) is 6.07 Å². The second-order valence-electron chi connectivity index (χ2n) is 5.15. The summed E-state index contributed by atoms with van der Waals surface area (Å²) in [4.78, 5) is 8.32. The Morgan fingerprint density at radius 1 is 1.17 bits per heavy atom. The molecular formula is C14H24ClN3. The fourth-order valence-corrected chi connectivity index (χ4v) is 2.10. The van der Waals surface area contributed by atoms with Crippen LogP contribution in [-0.2, 0) is 0 Å². The van der Waals surface area contributed by atoms with Crippen LogP contribution in [0.15, 0.2) is 6.07 Å². The predicted molar refractivity (Wildman–Crippen MR) is 78.2 cm³/mol. The van der Waals surface area contributed by atoms with Gasteiger partial charge in [-0.2, -0.15) is 0 Å². The van der Waals surface area contributed by atoms with Crippen LogP contribution in [0.2, 0.25) is 5.15 Å². The molecule has 0 radical (unpaired) electrons. The first-order chi connectivity index (χ1) is 8.58. The Labute approximate surface area is 115 Å². The van der Waals surface area contributed by atoms with E-state index in [9.17, 15) is 0 Å². The molecule has 0 bridgehead atoms. The molecule has 1 N–H and O–H groups in total. The lowest BCUT2D eigenvalue weighted by atomic mass is 10.0. The van der Waals surface area contributed by atoms with Gasteiger partial charge in [-0.05, 0) is 19.3 Å². The minimum Gasteiger partial charge on any atom is -0.370 e. The number of unbranched alkanes of at least 4 members (excludes halogenated alkanes) is 3. The summed E-state index contributed by atoms with van der Waals surface area (Å²) >= 11 is 5.87. The summed E-state index contributed by atoms with van der Waals surface area (Å²) < 4.78 is 0. The van der Waals surface area contributed by atoms with Crippen LogP contribution in [-0.4, -0.2) is 16.5 Å². The van der Waals surface area contributed by atoms with E-state index in [0.717, 1.165) is 18.3 Å². The molecular weight excluding hydrogens is 246 g/mol. The first-order valence-electron chi connectivity index (χ1n) is 6.83. The van der Waals surface area contributed by atoms with Crippen LogP contribution in [0.25, 0.3) is 0 Å². The zero-order valence-electron chi connectivity index (χ0n) is 11.7. The first-order valence-corrected chi connectivity index (χ1v) is 7.21. The topological polar surface area (TPSA) is 37.8 Å². The average molecular weight is 270 g/mol. The number of aromatic nitrogens is 2. The minimum absolute atomic E-state index is 0.502. The molecule has 102 valence electrons. The number of hydrogen-bond acceptors (Lipinski definition) is 3. The molecule has 0 spiro atoms. The summed E-state index contributed by atoms with van der Waals surface area (Å²) in [6.07, 6.45) is 6.46. The van der Waals surface area contributed by atoms with Crippen LogP contribution in [0.5, 0.6) is 0 Å². The zero-order chi connectivity index (χ0) is 13.4. The van der Waals surface area contributed by atoms with E-state index in [1.165, 1.54) is 32.1 Å². The Kier molecular flexibility index (Phi) is 7.02. The summed E-state index contributed by atoms with van der Waals surface area (Å²) in [5.74, 6) is 2.37. The van der Waals surface area contributed by atoms with Crippen LogP contribution >= 0.6 is 11.6 Å². The van der Waals surface area contributed by atoms with Gasteiger partial charge in [-0.1, -0.05) is 51.1 Å². The predicted octanol–water partition coefficient (Wildman–Crippen LogP) is 4.46. The number of halogens is 1. The van der Waals surface area contributed by atoms with Crippen LogP contribution in [0.3, 0.4) is 0 Å². The third kappa shape index (κ3) is 6.80. The average Bonchev–Trinajstić information content (AvgIpc) is 2.26. The lowest BCUT2D eigenvalue weighted by molar-refractivity contribution is 0.523. The Morgan fingerprint density at radius 2 is 1.89 bits per heavy atom. The SMILES string of the molecule is Cc1nc(Cl)cc(NCCCCCCC(C)C)n1. The Bertz CT molecular complexity index is 333. The van der Waals surface area contributed by atoms with Gasteiger partial charge in [0.05, 0.1) is 0 Å². The molecule has 0 unspecified atom stereocenters. The highest BCUT2D eigenvalue weighted by Gasteiger charge is 1.99. The van der Waals surface area contributed by atoms with E-state index in [2.05, 4.69) is 29.1 Å². The molecule has 0 aliphatic carbocycles. The molecule has 1 rings (SSSR count). The van der Waals surface area contributed by atoms with Crippen LogP contribution in [0.1, 0.15) is 51.8 Å². The van der Waals surface area contributed by atoms with Crippen LogP contribution in [0, 0.1) is 12.8 Å². The van der Waals surface area contributed by atoms with Crippen molar-refractivity contribution in [3.8, 4) is 0 Å². The van der Waals surface area contributed by atoms with E-state index in [0.29, 0.717) is 11.0 Å². The molecule has 0 atom stereocenters. The van der Waals surface area contributed by atoms with Gasteiger partial charge < -0.3 is 5.32 Å². The number of nitrogens with zero attached hydrogens (tertiary/aromatic N) is 2. The molecule has 3 nitrogen and oxygen atoms in total. The molecule has 0 amide bonds. The highest BCUT2D eigenvalue weighted by atomic mass is 35.5. The van der Waals surface area contributed by atoms with Gasteiger partial charge in [-0.15, -0.1) is 0 Å². The molecule has 0 aliphatic heterocycles. The van der Waals surface area contributed by atoms with E-state index < -0.39 is 0 Å². The Balaban J connectivity index is 2.10. The van der Waals surface area contributed by atoms with E-state index in [4.69, 9.17) is 11.6 Å². The van der Waals surface area contributed by atoms with Crippen molar-refractivity contribution in [1.29, 1.82) is 0 Å². The van der Waals surface area contributed by atoms with Crippen molar-refractivity contribution in [3.05, 3.63) is 17.0 Å². The van der Waals surface area contributed by atoms with Crippen LogP contribution in [0.4, 0.5) is 5.82 Å². The molecule has 0 aromatic carbocycles. The monoisotopic (exact) mass is 269 g/mol. The third-order valence-corrected chi connectivity index (χ3v) is 3.01. The van der Waals surface area contributed by atoms with Crippen molar-refractivity contribution in [1.82, 2.24) is 9.97 Å².